The van der Waals surface area contributed by atoms with Crippen LogP contribution in [0.5, 0.6) is 0 Å². The van der Waals surface area contributed by atoms with Crippen molar-refractivity contribution >= 4 is 5.97 Å². The smallest absolute Gasteiger partial charge is 0.416 e. The van der Waals surface area contributed by atoms with Crippen LogP contribution in [0.4, 0.5) is 13.2 Å². The summed E-state index contributed by atoms with van der Waals surface area (Å²) in [7, 11) is 0. The van der Waals surface area contributed by atoms with E-state index < -0.39 is 29.9 Å². The van der Waals surface area contributed by atoms with E-state index in [0.29, 0.717) is 0 Å². The molecule has 0 heterocycles. The number of alkyl halides is 3. The van der Waals surface area contributed by atoms with Gasteiger partial charge in [-0.15, -0.1) is 0 Å². The third-order valence-electron chi connectivity index (χ3n) is 2.22. The lowest BCUT2D eigenvalue weighted by atomic mass is 10.0. The van der Waals surface area contributed by atoms with E-state index in [1.807, 2.05) is 0 Å². The summed E-state index contributed by atoms with van der Waals surface area (Å²) in [6, 6.07) is 2.38. The normalized spacial score (nSPS) is 15.4. The van der Waals surface area contributed by atoms with Gasteiger partial charge in [-0.05, 0) is 17.7 Å². The van der Waals surface area contributed by atoms with Crippen molar-refractivity contribution in [1.29, 1.82) is 0 Å². The van der Waals surface area contributed by atoms with Gasteiger partial charge in [-0.3, -0.25) is 0 Å². The highest BCUT2D eigenvalue weighted by molar-refractivity contribution is 5.73. The third-order valence-corrected chi connectivity index (χ3v) is 2.22. The lowest BCUT2D eigenvalue weighted by Crippen LogP contribution is -2.33. The van der Waals surface area contributed by atoms with E-state index in [-0.39, 0.29) is 5.56 Å². The minimum absolute atomic E-state index is 0.118. The van der Waals surface area contributed by atoms with Gasteiger partial charge >= 0.3 is 12.1 Å². The van der Waals surface area contributed by atoms with Gasteiger partial charge in [0.25, 0.3) is 0 Å². The highest BCUT2D eigenvalue weighted by Crippen LogP contribution is 2.29. The number of carbonyl (C=O) groups is 1. The number of hydrogen-bond acceptors (Lipinski definition) is 3. The average Bonchev–Trinajstić information content (AvgIpc) is 2.26. The average molecular weight is 249 g/mol. The lowest BCUT2D eigenvalue weighted by Gasteiger charge is -2.16. The molecule has 0 aromatic heterocycles. The van der Waals surface area contributed by atoms with Gasteiger partial charge in [0, 0.05) is 0 Å². The maximum atomic E-state index is 12.2. The molecule has 0 aliphatic heterocycles. The molecule has 0 radical (unpaired) electrons. The predicted molar refractivity (Wildman–Crippen MR) is 52.0 cm³/mol. The lowest BCUT2D eigenvalue weighted by molar-refractivity contribution is -0.147. The Labute approximate surface area is 94.5 Å². The van der Waals surface area contributed by atoms with Crippen molar-refractivity contribution in [3.05, 3.63) is 35.4 Å². The number of carboxylic acids is 1. The molecular formula is C10H10F3NO3. The maximum Gasteiger partial charge on any atom is 0.416 e. The van der Waals surface area contributed by atoms with Gasteiger partial charge in [0.2, 0.25) is 0 Å². The summed E-state index contributed by atoms with van der Waals surface area (Å²) in [5.41, 5.74) is 4.64. The molecule has 0 bridgehead atoms. The van der Waals surface area contributed by atoms with Crippen molar-refractivity contribution in [2.24, 2.45) is 5.73 Å². The van der Waals surface area contributed by atoms with E-state index in [1.165, 1.54) is 0 Å². The van der Waals surface area contributed by atoms with Crippen LogP contribution in [0.3, 0.4) is 0 Å². The van der Waals surface area contributed by atoms with E-state index in [2.05, 4.69) is 0 Å². The van der Waals surface area contributed by atoms with Crippen LogP contribution >= 0.6 is 0 Å². The van der Waals surface area contributed by atoms with Crippen LogP contribution < -0.4 is 5.73 Å². The molecule has 4 N–H and O–H groups in total. The fourth-order valence-electron chi connectivity index (χ4n) is 1.23. The van der Waals surface area contributed by atoms with Gasteiger partial charge in [0.15, 0.2) is 6.10 Å². The molecule has 0 saturated heterocycles. The zero-order chi connectivity index (χ0) is 13.2. The molecule has 2 atom stereocenters. The molecule has 7 heteroatoms. The molecule has 4 nitrogen and oxygen atoms in total. The summed E-state index contributed by atoms with van der Waals surface area (Å²) in [6.07, 6.45) is -6.32. The molecule has 1 rings (SSSR count). The molecule has 17 heavy (non-hydrogen) atoms. The minimum atomic E-state index is -4.46. The van der Waals surface area contributed by atoms with Crippen LogP contribution in [-0.2, 0) is 11.0 Å². The third kappa shape index (κ3) is 3.18. The number of benzene rings is 1. The monoisotopic (exact) mass is 249 g/mol. The number of aliphatic hydroxyl groups is 1. The molecule has 0 amide bonds. The number of aliphatic hydroxyl groups excluding tert-OH is 1. The number of hydrogen-bond donors (Lipinski definition) is 3. The predicted octanol–water partition coefficient (Wildman–Crippen LogP) is 1.15. The van der Waals surface area contributed by atoms with Gasteiger partial charge in [-0.1, -0.05) is 12.1 Å². The molecular weight excluding hydrogens is 239 g/mol. The second-order valence-electron chi connectivity index (χ2n) is 3.43. The van der Waals surface area contributed by atoms with Gasteiger partial charge in [0.1, 0.15) is 0 Å². The topological polar surface area (TPSA) is 83.5 Å². The molecule has 1 aromatic rings. The fraction of sp³-hybridized carbons (Fsp3) is 0.300. The maximum absolute atomic E-state index is 12.2. The number of halogens is 3. The van der Waals surface area contributed by atoms with Crippen LogP contribution in [0.25, 0.3) is 0 Å². The summed E-state index contributed by atoms with van der Waals surface area (Å²) in [4.78, 5) is 10.4. The van der Waals surface area contributed by atoms with E-state index in [9.17, 15) is 18.0 Å². The van der Waals surface area contributed by atoms with Crippen LogP contribution in [0.15, 0.2) is 24.3 Å². The summed E-state index contributed by atoms with van der Waals surface area (Å²) in [6.45, 7) is 0. The highest BCUT2D eigenvalue weighted by Gasteiger charge is 2.31. The van der Waals surface area contributed by atoms with Crippen molar-refractivity contribution in [1.82, 2.24) is 0 Å². The molecule has 0 spiro atoms. The van der Waals surface area contributed by atoms with Crippen LogP contribution in [0.2, 0.25) is 0 Å². The second-order valence-corrected chi connectivity index (χ2v) is 3.43. The molecule has 1 aromatic carbocycles. The first kappa shape index (κ1) is 13.5. The van der Waals surface area contributed by atoms with Gasteiger partial charge < -0.3 is 15.9 Å². The number of aliphatic carboxylic acids is 1. The van der Waals surface area contributed by atoms with Crippen LogP contribution in [0.1, 0.15) is 17.2 Å². The Hall–Kier alpha value is -1.60. The molecule has 0 saturated carbocycles. The Morgan fingerprint density at radius 2 is 1.71 bits per heavy atom. The quantitative estimate of drug-likeness (QED) is 0.750. The van der Waals surface area contributed by atoms with Crippen molar-refractivity contribution in [3.8, 4) is 0 Å². The largest absolute Gasteiger partial charge is 0.479 e. The number of nitrogens with two attached hydrogens (primary N) is 1. The van der Waals surface area contributed by atoms with Gasteiger partial charge in [0.05, 0.1) is 11.6 Å². The highest BCUT2D eigenvalue weighted by atomic mass is 19.4. The molecule has 0 fully saturated rings. The zero-order valence-corrected chi connectivity index (χ0v) is 8.48. The van der Waals surface area contributed by atoms with E-state index in [4.69, 9.17) is 15.9 Å². The second kappa shape index (κ2) is 4.72. The first-order valence-corrected chi connectivity index (χ1v) is 4.57. The standard InChI is InChI=1S/C10H10F3NO3/c11-10(12,13)6-3-1-5(2-4-6)7(14)8(15)9(16)17/h1-4,7-8,15H,14H2,(H,16,17)/t7-,8+/m0/s1. The van der Waals surface area contributed by atoms with Crippen molar-refractivity contribution in [3.63, 3.8) is 0 Å². The van der Waals surface area contributed by atoms with Gasteiger partial charge in [-0.2, -0.15) is 13.2 Å². The minimum Gasteiger partial charge on any atom is -0.479 e. The molecule has 0 unspecified atom stereocenters. The number of rotatable bonds is 3. The first-order chi connectivity index (χ1) is 7.73. The van der Waals surface area contributed by atoms with E-state index in [1.54, 1.807) is 0 Å². The van der Waals surface area contributed by atoms with E-state index >= 15 is 0 Å². The van der Waals surface area contributed by atoms with Crippen LogP contribution in [-0.4, -0.2) is 22.3 Å². The fourth-order valence-corrected chi connectivity index (χ4v) is 1.23. The number of carboxylic acid groups (broad SMARTS) is 1. The SMILES string of the molecule is N[C@@H](c1ccc(C(F)(F)F)cc1)[C@@H](O)C(=O)O. The van der Waals surface area contributed by atoms with Crippen molar-refractivity contribution in [2.75, 3.05) is 0 Å². The Bertz CT molecular complexity index is 402. The Morgan fingerprint density at radius 1 is 1.24 bits per heavy atom. The van der Waals surface area contributed by atoms with Crippen molar-refractivity contribution < 1.29 is 28.2 Å². The summed E-state index contributed by atoms with van der Waals surface area (Å²) in [5, 5.41) is 17.6. The summed E-state index contributed by atoms with van der Waals surface area (Å²) < 4.78 is 36.7. The Morgan fingerprint density at radius 3 is 2.06 bits per heavy atom. The Kier molecular flexibility index (Phi) is 3.74. The zero-order valence-electron chi connectivity index (χ0n) is 8.48. The molecule has 94 valence electrons. The summed E-state index contributed by atoms with van der Waals surface area (Å²) in [5.74, 6) is -1.53. The summed E-state index contributed by atoms with van der Waals surface area (Å²) >= 11 is 0. The van der Waals surface area contributed by atoms with E-state index in [0.717, 1.165) is 24.3 Å². The van der Waals surface area contributed by atoms with Crippen molar-refractivity contribution in [2.45, 2.75) is 18.3 Å². The molecule has 0 aliphatic carbocycles. The van der Waals surface area contributed by atoms with Gasteiger partial charge in [-0.25, -0.2) is 4.79 Å². The van der Waals surface area contributed by atoms with Crippen LogP contribution in [0, 0.1) is 0 Å². The first-order valence-electron chi connectivity index (χ1n) is 4.57. The molecule has 0 aliphatic rings. The Balaban J connectivity index is 2.92.